The van der Waals surface area contributed by atoms with Crippen molar-refractivity contribution >= 4 is 0 Å². The molecule has 1 fully saturated rings. The fraction of sp³-hybridized carbons (Fsp3) is 1.00. The molecule has 1 atom stereocenters. The van der Waals surface area contributed by atoms with Crippen molar-refractivity contribution in [1.82, 2.24) is 9.80 Å². The van der Waals surface area contributed by atoms with Crippen LogP contribution in [0.5, 0.6) is 0 Å². The molecule has 1 aliphatic rings. The first-order chi connectivity index (χ1) is 8.26. The predicted molar refractivity (Wildman–Crippen MR) is 68.9 cm³/mol. The lowest BCUT2D eigenvalue weighted by atomic mass is 10.3. The number of rotatable bonds is 7. The molecule has 1 rings (SSSR count). The molecule has 5 nitrogen and oxygen atoms in total. The van der Waals surface area contributed by atoms with Crippen molar-refractivity contribution in [1.29, 1.82) is 0 Å². The van der Waals surface area contributed by atoms with Gasteiger partial charge in [-0.1, -0.05) is 0 Å². The van der Waals surface area contributed by atoms with Gasteiger partial charge >= 0.3 is 0 Å². The van der Waals surface area contributed by atoms with Gasteiger partial charge in [-0.15, -0.1) is 0 Å². The van der Waals surface area contributed by atoms with E-state index in [-0.39, 0.29) is 6.61 Å². The molecule has 0 aliphatic carbocycles. The molecular weight excluding hydrogens is 218 g/mol. The van der Waals surface area contributed by atoms with E-state index < -0.39 is 6.10 Å². The Kier molecular flexibility index (Phi) is 7.72. The third-order valence-electron chi connectivity index (χ3n) is 3.29. The number of β-amino-alcohol motifs (C(OH)–C–C–N with tert-alkyl or cyclic N) is 1. The van der Waals surface area contributed by atoms with Crippen LogP contribution < -0.4 is 5.73 Å². The normalized spacial score (nSPS) is 21.4. The quantitative estimate of drug-likeness (QED) is 0.506. The second-order valence-corrected chi connectivity index (χ2v) is 4.83. The highest BCUT2D eigenvalue weighted by Gasteiger charge is 2.16. The van der Waals surface area contributed by atoms with Crippen LogP contribution in [0, 0.1) is 0 Å². The Morgan fingerprint density at radius 2 is 1.76 bits per heavy atom. The highest BCUT2D eigenvalue weighted by atomic mass is 16.3. The molecule has 0 saturated carbocycles. The van der Waals surface area contributed by atoms with E-state index in [9.17, 15) is 5.11 Å². The topological polar surface area (TPSA) is 73.0 Å². The summed E-state index contributed by atoms with van der Waals surface area (Å²) < 4.78 is 0. The zero-order valence-electron chi connectivity index (χ0n) is 10.7. The Morgan fingerprint density at radius 1 is 1.06 bits per heavy atom. The van der Waals surface area contributed by atoms with Gasteiger partial charge in [-0.3, -0.25) is 4.90 Å². The molecule has 0 aromatic rings. The van der Waals surface area contributed by atoms with Crippen molar-refractivity contribution in [2.24, 2.45) is 5.73 Å². The lowest BCUT2D eigenvalue weighted by molar-refractivity contribution is 0.0602. The van der Waals surface area contributed by atoms with Crippen molar-refractivity contribution in [2.45, 2.75) is 25.4 Å². The monoisotopic (exact) mass is 245 g/mol. The summed E-state index contributed by atoms with van der Waals surface area (Å²) >= 11 is 0. The summed E-state index contributed by atoms with van der Waals surface area (Å²) in [6.07, 6.45) is 2.82. The molecule has 0 amide bonds. The number of hydrogen-bond acceptors (Lipinski definition) is 5. The molecule has 5 heteroatoms. The third-order valence-corrected chi connectivity index (χ3v) is 3.29. The maximum absolute atomic E-state index is 9.42. The molecule has 1 aliphatic heterocycles. The summed E-state index contributed by atoms with van der Waals surface area (Å²) in [6.45, 7) is 6.56. The van der Waals surface area contributed by atoms with E-state index in [1.807, 2.05) is 0 Å². The van der Waals surface area contributed by atoms with E-state index in [1.165, 1.54) is 6.42 Å². The van der Waals surface area contributed by atoms with E-state index in [2.05, 4.69) is 9.80 Å². The van der Waals surface area contributed by atoms with Gasteiger partial charge in [0.1, 0.15) is 0 Å². The lowest BCUT2D eigenvalue weighted by Crippen LogP contribution is -2.37. The smallest absolute Gasteiger partial charge is 0.0897 e. The van der Waals surface area contributed by atoms with Gasteiger partial charge in [-0.2, -0.15) is 0 Å². The van der Waals surface area contributed by atoms with Crippen LogP contribution in [0.2, 0.25) is 0 Å². The van der Waals surface area contributed by atoms with Gasteiger partial charge in [-0.05, 0) is 45.4 Å². The first kappa shape index (κ1) is 14.9. The fourth-order valence-corrected chi connectivity index (χ4v) is 2.27. The van der Waals surface area contributed by atoms with Crippen LogP contribution >= 0.6 is 0 Å². The first-order valence-electron chi connectivity index (χ1n) is 6.70. The molecule has 0 spiro atoms. The summed E-state index contributed by atoms with van der Waals surface area (Å²) in [7, 11) is 0. The number of aliphatic hydroxyl groups excluding tert-OH is 2. The van der Waals surface area contributed by atoms with E-state index in [4.69, 9.17) is 10.8 Å². The average molecular weight is 245 g/mol. The second-order valence-electron chi connectivity index (χ2n) is 4.83. The Balaban J connectivity index is 2.19. The SMILES string of the molecule is NCCCCN1CCCN(CC(O)CO)CC1. The summed E-state index contributed by atoms with van der Waals surface area (Å²) in [5.41, 5.74) is 5.49. The molecule has 4 N–H and O–H groups in total. The number of unbranched alkanes of at least 4 members (excludes halogenated alkanes) is 1. The van der Waals surface area contributed by atoms with Gasteiger partial charge < -0.3 is 20.8 Å². The van der Waals surface area contributed by atoms with Crippen LogP contribution in [0.25, 0.3) is 0 Å². The molecule has 0 bridgehead atoms. The maximum atomic E-state index is 9.42. The highest BCUT2D eigenvalue weighted by Crippen LogP contribution is 2.05. The minimum absolute atomic E-state index is 0.142. The standard InChI is InChI=1S/C12H27N3O2/c13-4-1-2-5-14-6-3-7-15(9-8-14)10-12(17)11-16/h12,16-17H,1-11,13H2. The minimum atomic E-state index is -0.598. The minimum Gasteiger partial charge on any atom is -0.394 e. The first-order valence-corrected chi connectivity index (χ1v) is 6.70. The molecule has 0 aromatic heterocycles. The third kappa shape index (κ3) is 6.33. The molecule has 17 heavy (non-hydrogen) atoms. The van der Waals surface area contributed by atoms with Crippen molar-refractivity contribution < 1.29 is 10.2 Å². The van der Waals surface area contributed by atoms with Crippen molar-refractivity contribution in [3.63, 3.8) is 0 Å². The zero-order valence-corrected chi connectivity index (χ0v) is 10.7. The second kappa shape index (κ2) is 8.83. The zero-order chi connectivity index (χ0) is 12.5. The van der Waals surface area contributed by atoms with Gasteiger partial charge in [0.2, 0.25) is 0 Å². The van der Waals surface area contributed by atoms with E-state index in [1.54, 1.807) is 0 Å². The molecule has 0 radical (unpaired) electrons. The Labute approximate surface area is 104 Å². The van der Waals surface area contributed by atoms with E-state index >= 15 is 0 Å². The molecule has 0 aromatic carbocycles. The number of hydrogen-bond donors (Lipinski definition) is 3. The van der Waals surface area contributed by atoms with Crippen LogP contribution in [-0.4, -0.2) is 78.5 Å². The van der Waals surface area contributed by atoms with Gasteiger partial charge in [0.05, 0.1) is 12.7 Å². The molecule has 1 saturated heterocycles. The van der Waals surface area contributed by atoms with Crippen molar-refractivity contribution in [3.8, 4) is 0 Å². The Bertz CT molecular complexity index is 193. The average Bonchev–Trinajstić information content (AvgIpc) is 2.55. The number of aliphatic hydroxyl groups is 2. The number of nitrogens with two attached hydrogens (primary N) is 1. The molecule has 1 unspecified atom stereocenters. The van der Waals surface area contributed by atoms with Crippen molar-refractivity contribution in [3.05, 3.63) is 0 Å². The van der Waals surface area contributed by atoms with Gasteiger partial charge in [0.25, 0.3) is 0 Å². The van der Waals surface area contributed by atoms with Crippen LogP contribution in [0.1, 0.15) is 19.3 Å². The largest absolute Gasteiger partial charge is 0.394 e. The van der Waals surface area contributed by atoms with Crippen LogP contribution in [0.4, 0.5) is 0 Å². The predicted octanol–water partition coefficient (Wildman–Crippen LogP) is -0.914. The van der Waals surface area contributed by atoms with Gasteiger partial charge in [0.15, 0.2) is 0 Å². The Morgan fingerprint density at radius 3 is 2.47 bits per heavy atom. The Hall–Kier alpha value is -0.200. The summed E-state index contributed by atoms with van der Waals surface area (Å²) in [4.78, 5) is 4.71. The summed E-state index contributed by atoms with van der Waals surface area (Å²) in [5, 5.41) is 18.3. The van der Waals surface area contributed by atoms with Gasteiger partial charge in [-0.25, -0.2) is 0 Å². The van der Waals surface area contributed by atoms with E-state index in [0.29, 0.717) is 6.54 Å². The van der Waals surface area contributed by atoms with E-state index in [0.717, 1.165) is 52.1 Å². The maximum Gasteiger partial charge on any atom is 0.0897 e. The summed E-state index contributed by atoms with van der Waals surface area (Å²) in [6, 6.07) is 0. The van der Waals surface area contributed by atoms with Crippen molar-refractivity contribution in [2.75, 3.05) is 52.4 Å². The van der Waals surface area contributed by atoms with Crippen LogP contribution in [0.15, 0.2) is 0 Å². The van der Waals surface area contributed by atoms with Crippen LogP contribution in [-0.2, 0) is 0 Å². The fourth-order valence-electron chi connectivity index (χ4n) is 2.27. The molecular formula is C12H27N3O2. The lowest BCUT2D eigenvalue weighted by Gasteiger charge is -2.23. The van der Waals surface area contributed by atoms with Crippen LogP contribution in [0.3, 0.4) is 0 Å². The number of nitrogens with zero attached hydrogens (tertiary/aromatic N) is 2. The van der Waals surface area contributed by atoms with Gasteiger partial charge in [0, 0.05) is 19.6 Å². The molecule has 102 valence electrons. The molecule has 1 heterocycles. The highest BCUT2D eigenvalue weighted by molar-refractivity contribution is 4.72. The summed E-state index contributed by atoms with van der Waals surface area (Å²) in [5.74, 6) is 0.